The van der Waals surface area contributed by atoms with Crippen LogP contribution in [0.3, 0.4) is 0 Å². The van der Waals surface area contributed by atoms with Crippen LogP contribution in [-0.4, -0.2) is 84.9 Å². The maximum atomic E-state index is 12.9. The van der Waals surface area contributed by atoms with Gasteiger partial charge >= 0.3 is 0 Å². The summed E-state index contributed by atoms with van der Waals surface area (Å²) < 4.78 is 36.9. The first kappa shape index (κ1) is 19.7. The summed E-state index contributed by atoms with van der Waals surface area (Å²) in [5.41, 5.74) is 0.899. The van der Waals surface area contributed by atoms with Gasteiger partial charge in [0.25, 0.3) is 5.92 Å². The molecule has 0 spiro atoms. The Balaban J connectivity index is 1.49. The number of aliphatic hydroxyl groups is 1. The summed E-state index contributed by atoms with van der Waals surface area (Å²) in [5, 5.41) is 10.2. The molecular formula is C18H26F2N2O3S. The fourth-order valence-corrected chi connectivity index (χ4v) is 4.21. The van der Waals surface area contributed by atoms with Crippen molar-refractivity contribution in [3.63, 3.8) is 0 Å². The molecule has 0 saturated carbocycles. The zero-order valence-electron chi connectivity index (χ0n) is 15.0. The number of nitrogens with zero attached hydrogens (tertiary/aromatic N) is 2. The third-order valence-corrected chi connectivity index (χ3v) is 5.49. The quantitative estimate of drug-likeness (QED) is 0.734. The van der Waals surface area contributed by atoms with Crippen molar-refractivity contribution in [2.24, 2.45) is 0 Å². The standard InChI is InChI=1S/C18H26F2N2O3S/c1-24-17-8-14(9-22-12-18(19,20)13-22)2-3-16(17)25-11-15(23)10-21-4-6-26-7-5-21/h2-3,8,15,23H,4-7,9-13H2,1H3. The van der Waals surface area contributed by atoms with E-state index < -0.39 is 12.0 Å². The van der Waals surface area contributed by atoms with Gasteiger partial charge in [0.15, 0.2) is 11.5 Å². The molecule has 2 saturated heterocycles. The van der Waals surface area contributed by atoms with E-state index in [4.69, 9.17) is 9.47 Å². The summed E-state index contributed by atoms with van der Waals surface area (Å²) in [7, 11) is 1.55. The molecule has 146 valence electrons. The van der Waals surface area contributed by atoms with Crippen molar-refractivity contribution in [2.45, 2.75) is 18.6 Å². The Morgan fingerprint density at radius 3 is 2.58 bits per heavy atom. The van der Waals surface area contributed by atoms with Gasteiger partial charge in [0, 0.05) is 37.7 Å². The van der Waals surface area contributed by atoms with Crippen molar-refractivity contribution < 1.29 is 23.4 Å². The number of hydrogen-bond acceptors (Lipinski definition) is 6. The minimum Gasteiger partial charge on any atom is -0.493 e. The first-order valence-corrected chi connectivity index (χ1v) is 9.99. The van der Waals surface area contributed by atoms with Gasteiger partial charge in [-0.05, 0) is 17.7 Å². The van der Waals surface area contributed by atoms with Gasteiger partial charge in [-0.15, -0.1) is 0 Å². The molecule has 5 nitrogen and oxygen atoms in total. The zero-order chi connectivity index (χ0) is 18.6. The van der Waals surface area contributed by atoms with E-state index in [0.29, 0.717) is 24.6 Å². The first-order chi connectivity index (χ1) is 12.4. The van der Waals surface area contributed by atoms with E-state index in [9.17, 15) is 13.9 Å². The predicted octanol–water partition coefficient (Wildman–Crippen LogP) is 1.93. The minimum atomic E-state index is -2.56. The second-order valence-electron chi connectivity index (χ2n) is 6.86. The number of halogens is 2. The number of benzene rings is 1. The Kier molecular flexibility index (Phi) is 6.60. The van der Waals surface area contributed by atoms with E-state index in [1.807, 2.05) is 17.8 Å². The Hall–Kier alpha value is -1.09. The van der Waals surface area contributed by atoms with Gasteiger partial charge in [-0.1, -0.05) is 6.07 Å². The summed E-state index contributed by atoms with van der Waals surface area (Å²) in [5.74, 6) is 0.753. The number of methoxy groups -OCH3 is 1. The van der Waals surface area contributed by atoms with E-state index in [2.05, 4.69) is 4.90 Å². The molecule has 0 aromatic heterocycles. The number of hydrogen-bond donors (Lipinski definition) is 1. The lowest BCUT2D eigenvalue weighted by atomic mass is 10.1. The highest BCUT2D eigenvalue weighted by molar-refractivity contribution is 7.99. The van der Waals surface area contributed by atoms with Crippen molar-refractivity contribution in [3.8, 4) is 11.5 Å². The van der Waals surface area contributed by atoms with Crippen LogP contribution in [0.25, 0.3) is 0 Å². The second kappa shape index (κ2) is 8.73. The molecule has 1 aromatic rings. The molecule has 2 fully saturated rings. The molecule has 2 aliphatic rings. The van der Waals surface area contributed by atoms with Crippen molar-refractivity contribution in [3.05, 3.63) is 23.8 Å². The molecule has 0 amide bonds. The molecule has 1 atom stereocenters. The van der Waals surface area contributed by atoms with E-state index in [-0.39, 0.29) is 19.7 Å². The average molecular weight is 388 g/mol. The number of aliphatic hydroxyl groups excluding tert-OH is 1. The highest BCUT2D eigenvalue weighted by Gasteiger charge is 2.43. The van der Waals surface area contributed by atoms with Crippen LogP contribution in [0.15, 0.2) is 18.2 Å². The van der Waals surface area contributed by atoms with E-state index in [1.54, 1.807) is 24.1 Å². The van der Waals surface area contributed by atoms with Gasteiger partial charge in [-0.2, -0.15) is 11.8 Å². The Morgan fingerprint density at radius 2 is 1.92 bits per heavy atom. The molecule has 26 heavy (non-hydrogen) atoms. The fraction of sp³-hybridized carbons (Fsp3) is 0.667. The lowest BCUT2D eigenvalue weighted by Crippen LogP contribution is -2.55. The molecule has 0 bridgehead atoms. The molecular weight excluding hydrogens is 362 g/mol. The zero-order valence-corrected chi connectivity index (χ0v) is 15.8. The fourth-order valence-electron chi connectivity index (χ4n) is 3.23. The summed E-state index contributed by atoms with van der Waals surface area (Å²) in [6.07, 6.45) is -0.564. The molecule has 1 N–H and O–H groups in total. The van der Waals surface area contributed by atoms with Crippen LogP contribution in [0.2, 0.25) is 0 Å². The maximum absolute atomic E-state index is 12.9. The highest BCUT2D eigenvalue weighted by Crippen LogP contribution is 2.32. The Labute approximate surface area is 157 Å². The molecule has 3 rings (SSSR count). The highest BCUT2D eigenvalue weighted by atomic mass is 32.2. The van der Waals surface area contributed by atoms with Crippen molar-refractivity contribution in [1.82, 2.24) is 9.80 Å². The average Bonchev–Trinajstić information content (AvgIpc) is 2.59. The van der Waals surface area contributed by atoms with E-state index in [0.717, 1.165) is 30.2 Å². The summed E-state index contributed by atoms with van der Waals surface area (Å²) >= 11 is 1.94. The van der Waals surface area contributed by atoms with Gasteiger partial charge in [0.2, 0.25) is 0 Å². The lowest BCUT2D eigenvalue weighted by Gasteiger charge is -2.38. The normalized spacial score (nSPS) is 21.8. The van der Waals surface area contributed by atoms with Crippen LogP contribution in [0.1, 0.15) is 5.56 Å². The van der Waals surface area contributed by atoms with E-state index >= 15 is 0 Å². The molecule has 0 radical (unpaired) electrons. The van der Waals surface area contributed by atoms with Gasteiger partial charge < -0.3 is 14.6 Å². The minimum absolute atomic E-state index is 0.192. The SMILES string of the molecule is COc1cc(CN2CC(F)(F)C2)ccc1OCC(O)CN1CCSCC1. The second-order valence-corrected chi connectivity index (χ2v) is 8.09. The number of rotatable bonds is 8. The molecule has 0 aliphatic carbocycles. The molecule has 1 unspecified atom stereocenters. The Bertz CT molecular complexity index is 592. The van der Waals surface area contributed by atoms with Crippen molar-refractivity contribution in [1.29, 1.82) is 0 Å². The number of β-amino-alcohol motifs (C(OH)–C–C–N with tert-alkyl or cyclic N) is 1. The van der Waals surface area contributed by atoms with Crippen molar-refractivity contribution >= 4 is 11.8 Å². The largest absolute Gasteiger partial charge is 0.493 e. The van der Waals surface area contributed by atoms with Crippen LogP contribution in [-0.2, 0) is 6.54 Å². The monoisotopic (exact) mass is 388 g/mol. The lowest BCUT2D eigenvalue weighted by molar-refractivity contribution is -0.133. The van der Waals surface area contributed by atoms with Gasteiger partial charge in [-0.25, -0.2) is 8.78 Å². The Morgan fingerprint density at radius 1 is 1.19 bits per heavy atom. The third kappa shape index (κ3) is 5.45. The number of ether oxygens (including phenoxy) is 2. The number of likely N-dealkylation sites (tertiary alicyclic amines) is 1. The number of alkyl halides is 2. The summed E-state index contributed by atoms with van der Waals surface area (Å²) in [4.78, 5) is 3.93. The van der Waals surface area contributed by atoms with Gasteiger partial charge in [0.05, 0.1) is 20.2 Å². The van der Waals surface area contributed by atoms with Crippen LogP contribution < -0.4 is 9.47 Å². The van der Waals surface area contributed by atoms with E-state index in [1.165, 1.54) is 0 Å². The predicted molar refractivity (Wildman–Crippen MR) is 98.5 cm³/mol. The summed E-state index contributed by atoms with van der Waals surface area (Å²) in [6, 6.07) is 5.43. The molecule has 2 aliphatic heterocycles. The van der Waals surface area contributed by atoms with Gasteiger partial charge in [-0.3, -0.25) is 9.80 Å². The summed E-state index contributed by atoms with van der Waals surface area (Å²) in [6.45, 7) is 2.85. The maximum Gasteiger partial charge on any atom is 0.272 e. The first-order valence-electron chi connectivity index (χ1n) is 8.83. The van der Waals surface area contributed by atoms with Crippen LogP contribution in [0, 0.1) is 0 Å². The van der Waals surface area contributed by atoms with Crippen LogP contribution in [0.5, 0.6) is 11.5 Å². The molecule has 1 aromatic carbocycles. The molecule has 8 heteroatoms. The van der Waals surface area contributed by atoms with Crippen LogP contribution in [0.4, 0.5) is 8.78 Å². The third-order valence-electron chi connectivity index (χ3n) is 4.55. The smallest absolute Gasteiger partial charge is 0.272 e. The van der Waals surface area contributed by atoms with Gasteiger partial charge in [0.1, 0.15) is 12.7 Å². The van der Waals surface area contributed by atoms with Crippen LogP contribution >= 0.6 is 11.8 Å². The number of thioether (sulfide) groups is 1. The molecule has 2 heterocycles. The topological polar surface area (TPSA) is 45.2 Å². The van der Waals surface area contributed by atoms with Crippen molar-refractivity contribution in [2.75, 3.05) is 57.9 Å².